The van der Waals surface area contributed by atoms with Gasteiger partial charge in [-0.25, -0.2) is 18.6 Å². The monoisotopic (exact) mass is 439 g/mol. The van der Waals surface area contributed by atoms with Crippen molar-refractivity contribution in [3.63, 3.8) is 0 Å². The average Bonchev–Trinajstić information content (AvgIpc) is 3.47. The second kappa shape index (κ2) is 7.26. The first-order chi connectivity index (χ1) is 14.9. The minimum absolute atomic E-state index is 0.200. The summed E-state index contributed by atoms with van der Waals surface area (Å²) in [5.74, 6) is 0.200. The summed E-state index contributed by atoms with van der Waals surface area (Å²) >= 11 is 0. The molecule has 0 radical (unpaired) electrons. The van der Waals surface area contributed by atoms with Crippen molar-refractivity contribution >= 4 is 0 Å². The minimum Gasteiger partial charge on any atom is -0.282 e. The molecule has 9 nitrogen and oxygen atoms in total. The SMILES string of the molecule is [O-][Cl+3]([O-])([O-])[O-].c1ccc2c(c1)C1CC(c3ccn[nH]3)(c3ccn[nH]3)C2c2cccc[n+]21. The summed E-state index contributed by atoms with van der Waals surface area (Å²) < 4.78 is 36.4. The molecule has 0 spiro atoms. The van der Waals surface area contributed by atoms with Crippen molar-refractivity contribution in [3.05, 3.63) is 101 Å². The normalized spacial score (nSPS) is 20.4. The van der Waals surface area contributed by atoms with Crippen LogP contribution in [0.2, 0.25) is 0 Å². The number of halogens is 1. The van der Waals surface area contributed by atoms with Gasteiger partial charge in [0.05, 0.1) is 11.3 Å². The fourth-order valence-corrected chi connectivity index (χ4v) is 5.22. The van der Waals surface area contributed by atoms with E-state index >= 15 is 0 Å². The zero-order valence-electron chi connectivity index (χ0n) is 16.1. The van der Waals surface area contributed by atoms with E-state index in [2.05, 4.69) is 85.8 Å². The van der Waals surface area contributed by atoms with Crippen LogP contribution in [0, 0.1) is 10.2 Å². The van der Waals surface area contributed by atoms with Gasteiger partial charge in [0.15, 0.2) is 17.9 Å². The molecular weight excluding hydrogens is 422 g/mol. The molecule has 10 heteroatoms. The summed E-state index contributed by atoms with van der Waals surface area (Å²) in [4.78, 5) is 0. The van der Waals surface area contributed by atoms with Crippen molar-refractivity contribution in [1.29, 1.82) is 0 Å². The summed E-state index contributed by atoms with van der Waals surface area (Å²) in [5, 5.41) is 15.1. The fraction of sp³-hybridized carbons (Fsp3) is 0.190. The molecular formula is C21H18ClN5O4. The predicted molar refractivity (Wildman–Crippen MR) is 95.6 cm³/mol. The third-order valence-corrected chi connectivity index (χ3v) is 6.19. The number of nitrogens with one attached hydrogen (secondary N) is 2. The summed E-state index contributed by atoms with van der Waals surface area (Å²) in [6, 6.07) is 19.9. The molecule has 0 amide bonds. The lowest BCUT2D eigenvalue weighted by Gasteiger charge is -2.48. The van der Waals surface area contributed by atoms with Crippen LogP contribution in [0.25, 0.3) is 0 Å². The fourth-order valence-electron chi connectivity index (χ4n) is 5.22. The number of H-pyrrole nitrogens is 2. The molecule has 1 aromatic carbocycles. The van der Waals surface area contributed by atoms with Crippen molar-refractivity contribution in [2.45, 2.75) is 23.8 Å². The molecule has 3 aliphatic rings. The number of aromatic nitrogens is 5. The van der Waals surface area contributed by atoms with E-state index < -0.39 is 10.2 Å². The summed E-state index contributed by atoms with van der Waals surface area (Å²) in [6.07, 6.45) is 6.88. The highest BCUT2D eigenvalue weighted by atomic mass is 35.7. The van der Waals surface area contributed by atoms with E-state index in [-0.39, 0.29) is 11.3 Å². The van der Waals surface area contributed by atoms with Gasteiger partial charge in [0.1, 0.15) is 0 Å². The van der Waals surface area contributed by atoms with Crippen LogP contribution in [0.1, 0.15) is 46.6 Å². The summed E-state index contributed by atoms with van der Waals surface area (Å²) in [5.41, 5.74) is 6.22. The molecule has 2 N–H and O–H groups in total. The largest absolute Gasteiger partial charge is 0.282 e. The van der Waals surface area contributed by atoms with Crippen LogP contribution in [0.15, 0.2) is 73.2 Å². The van der Waals surface area contributed by atoms with Crippen molar-refractivity contribution in [1.82, 2.24) is 20.4 Å². The van der Waals surface area contributed by atoms with Gasteiger partial charge in [-0.05, 0) is 17.7 Å². The molecule has 2 bridgehead atoms. The Hall–Kier alpha value is -3.08. The highest BCUT2D eigenvalue weighted by molar-refractivity contribution is 5.51. The number of nitrogens with zero attached hydrogens (tertiary/aromatic N) is 3. The molecule has 31 heavy (non-hydrogen) atoms. The number of rotatable bonds is 2. The molecule has 0 fully saturated rings. The topological polar surface area (TPSA) is 153 Å². The van der Waals surface area contributed by atoms with Crippen LogP contribution in [0.3, 0.4) is 0 Å². The Morgan fingerprint density at radius 3 is 2.00 bits per heavy atom. The van der Waals surface area contributed by atoms with Gasteiger partial charge in [-0.2, -0.15) is 14.8 Å². The van der Waals surface area contributed by atoms with Crippen LogP contribution >= 0.6 is 0 Å². The Morgan fingerprint density at radius 2 is 1.42 bits per heavy atom. The molecule has 1 aliphatic carbocycles. The predicted octanol–water partition coefficient (Wildman–Crippen LogP) is -1.91. The Kier molecular flexibility index (Phi) is 4.65. The third kappa shape index (κ3) is 3.23. The second-order valence-electron chi connectivity index (χ2n) is 7.60. The first-order valence-corrected chi connectivity index (χ1v) is 10.8. The van der Waals surface area contributed by atoms with Crippen LogP contribution in [-0.4, -0.2) is 20.4 Å². The zero-order chi connectivity index (χ0) is 21.6. The van der Waals surface area contributed by atoms with Gasteiger partial charge in [-0.3, -0.25) is 10.2 Å². The maximum atomic E-state index is 8.49. The molecule has 0 saturated heterocycles. The van der Waals surface area contributed by atoms with Crippen LogP contribution in [0.4, 0.5) is 0 Å². The number of hydrogen-bond acceptors (Lipinski definition) is 6. The maximum absolute atomic E-state index is 8.49. The number of pyridine rings is 1. The van der Waals surface area contributed by atoms with Crippen molar-refractivity contribution in [2.75, 3.05) is 0 Å². The lowest BCUT2D eigenvalue weighted by Crippen LogP contribution is -2.68. The van der Waals surface area contributed by atoms with Gasteiger partial charge < -0.3 is 0 Å². The minimum atomic E-state index is -4.94. The van der Waals surface area contributed by atoms with Gasteiger partial charge in [-0.1, -0.05) is 30.3 Å². The van der Waals surface area contributed by atoms with Crippen molar-refractivity contribution in [3.8, 4) is 0 Å². The van der Waals surface area contributed by atoms with E-state index in [1.807, 2.05) is 12.4 Å². The second-order valence-corrected chi connectivity index (χ2v) is 8.36. The molecule has 4 aromatic rings. The first kappa shape index (κ1) is 19.9. The summed E-state index contributed by atoms with van der Waals surface area (Å²) in [7, 11) is -4.94. The highest BCUT2D eigenvalue weighted by Crippen LogP contribution is 2.58. The lowest BCUT2D eigenvalue weighted by atomic mass is 9.56. The molecule has 0 saturated carbocycles. The standard InChI is InChI=1S/C21H18N5.ClHO4/c1-2-6-15-14(5-1)17-13-21(18-8-10-22-24-18,19-9-11-23-25-19)20(15)16-7-3-4-12-26(16)17;2-1(3,4)5/h1-12,17,20H,13H2,(H,22,24)(H,23,25);(H,2,3,4,5)/q+1;/p-1. The Bertz CT molecular complexity index is 1100. The maximum Gasteiger partial charge on any atom is 0.190 e. The molecule has 7 rings (SSSR count). The van der Waals surface area contributed by atoms with Crippen LogP contribution < -0.4 is 23.2 Å². The molecule has 158 valence electrons. The number of aromatic amines is 2. The quantitative estimate of drug-likeness (QED) is 0.347. The van der Waals surface area contributed by atoms with Gasteiger partial charge in [-0.15, -0.1) is 10.2 Å². The van der Waals surface area contributed by atoms with Crippen LogP contribution in [0.5, 0.6) is 0 Å². The van der Waals surface area contributed by atoms with E-state index in [1.54, 1.807) is 0 Å². The van der Waals surface area contributed by atoms with Crippen molar-refractivity contribution in [2.24, 2.45) is 0 Å². The zero-order valence-corrected chi connectivity index (χ0v) is 16.9. The van der Waals surface area contributed by atoms with Crippen LogP contribution in [-0.2, 0) is 5.41 Å². The average molecular weight is 440 g/mol. The Balaban J connectivity index is 0.000000371. The van der Waals surface area contributed by atoms with E-state index in [0.717, 1.165) is 17.8 Å². The number of hydrogen-bond donors (Lipinski definition) is 2. The Morgan fingerprint density at radius 1 is 0.839 bits per heavy atom. The van der Waals surface area contributed by atoms with Gasteiger partial charge in [0.2, 0.25) is 0 Å². The molecule has 2 aliphatic heterocycles. The van der Waals surface area contributed by atoms with E-state index in [4.69, 9.17) is 18.6 Å². The van der Waals surface area contributed by atoms with E-state index in [9.17, 15) is 0 Å². The smallest absolute Gasteiger partial charge is 0.190 e. The Labute approximate surface area is 179 Å². The molecule has 3 aromatic heterocycles. The molecule has 2 atom stereocenters. The van der Waals surface area contributed by atoms with Gasteiger partial charge in [0, 0.05) is 47.9 Å². The third-order valence-electron chi connectivity index (χ3n) is 6.19. The number of benzene rings is 1. The van der Waals surface area contributed by atoms with E-state index in [0.29, 0.717) is 6.04 Å². The van der Waals surface area contributed by atoms with E-state index in [1.165, 1.54) is 16.8 Å². The summed E-state index contributed by atoms with van der Waals surface area (Å²) in [6.45, 7) is 0. The highest BCUT2D eigenvalue weighted by Gasteiger charge is 2.60. The number of fused-ring (bicyclic) bond motifs is 1. The van der Waals surface area contributed by atoms with Crippen molar-refractivity contribution < 1.29 is 33.4 Å². The molecule has 2 unspecified atom stereocenters. The first-order valence-electron chi connectivity index (χ1n) is 9.60. The lowest BCUT2D eigenvalue weighted by molar-refractivity contribution is -2.00. The molecule has 5 heterocycles. The van der Waals surface area contributed by atoms with Gasteiger partial charge >= 0.3 is 0 Å². The van der Waals surface area contributed by atoms with Gasteiger partial charge in [0.25, 0.3) is 0 Å².